The molecule has 5 unspecified atom stereocenters. The fraction of sp³-hybridized carbons (Fsp3) is 0.290. The highest BCUT2D eigenvalue weighted by Crippen LogP contribution is 2.44. The van der Waals surface area contributed by atoms with Gasteiger partial charge in [-0.05, 0) is 68.5 Å². The lowest BCUT2D eigenvalue weighted by atomic mass is 9.87. The van der Waals surface area contributed by atoms with E-state index in [1.807, 2.05) is 0 Å². The van der Waals surface area contributed by atoms with Crippen LogP contribution in [0, 0.1) is 11.8 Å². The molecule has 109 heavy (non-hydrogen) atoms. The molecule has 570 valence electrons. The number of ether oxygens (including phenoxy) is 3. The molecule has 22 nitrogen and oxygen atoms in total. The molecular formula is C69H50Cl9F9N14O8. The topological polar surface area (TPSA) is 237 Å². The molecule has 3 aromatic carbocycles. The first-order valence-electron chi connectivity index (χ1n) is 34.3. The zero-order chi connectivity index (χ0) is 82.5. The highest BCUT2D eigenvalue weighted by Gasteiger charge is 2.37. The second kappa shape index (κ2) is 30.8. The van der Waals surface area contributed by atoms with Crippen molar-refractivity contribution in [1.29, 1.82) is 0 Å². The molecule has 0 spiro atoms. The summed E-state index contributed by atoms with van der Waals surface area (Å²) in [7, 11) is 1.60. The number of allylic oxidation sites excluding steroid dienone is 1. The number of fused-ring (bicyclic) bond motifs is 3. The zero-order valence-electron chi connectivity index (χ0n) is 60.6. The number of carbonyl (C=O) groups is 2. The van der Waals surface area contributed by atoms with Crippen LogP contribution in [0.1, 0.15) is 75.9 Å². The Labute approximate surface area is 661 Å². The maximum absolute atomic E-state index is 13.1. The summed E-state index contributed by atoms with van der Waals surface area (Å²) in [5.74, 6) is -2.27. The fourth-order valence-electron chi connectivity index (χ4n) is 11.6. The van der Waals surface area contributed by atoms with Crippen LogP contribution in [0.2, 0.25) is 45.2 Å². The van der Waals surface area contributed by atoms with E-state index in [0.29, 0.717) is 41.6 Å². The van der Waals surface area contributed by atoms with E-state index in [-0.39, 0.29) is 182 Å². The molecule has 0 N–H and O–H groups in total. The van der Waals surface area contributed by atoms with Crippen molar-refractivity contribution in [2.75, 3.05) is 27.1 Å². The standard InChI is InChI=1S/C23H17Cl3F3N5O3.C23H17Cl3F3N5O2.C23H16Cl3F3N4O3/c1-10-3-12(8-33(2)22(10)35)36-18-6-14(24)13(5-15(18)25)19-31-21(37-32-19)17-9-34-7-11(23(27,28)29)4-16(26)20(34)30-17;1-11-3-4-13(9-33(11)2)35-19-7-15(24)14(6-16(19)25)20-31-22(36-32-20)18-10-34-8-12(23(27,28)29)5-17(26)21(34)30-18;1-10-4-12(2-3-18(10)34)35-19-7-14(24)13(6-15(19)25)20-31-22(36-32-20)17-9-33-8-11(23(27,28)29)5-16(26)21(33)30-17/h4-7,9-10,12H,3,8H2,1-2H3;5-8,10,13H,1,3-4,9H2,2H3;5-10,12H,2-4H2,1H3/i10D;2D3;10D. The van der Waals surface area contributed by atoms with Gasteiger partial charge in [-0.15, -0.1) is 0 Å². The Bertz CT molecular complexity index is 5800. The molecule has 1 aliphatic carbocycles. The number of pyridine rings is 3. The Morgan fingerprint density at radius 3 is 1.17 bits per heavy atom. The van der Waals surface area contributed by atoms with E-state index in [1.165, 1.54) is 71.7 Å². The van der Waals surface area contributed by atoms with Crippen LogP contribution in [0.3, 0.4) is 0 Å². The summed E-state index contributed by atoms with van der Waals surface area (Å²) in [6, 6.07) is 11.2. The maximum Gasteiger partial charge on any atom is 0.417 e. The van der Waals surface area contributed by atoms with Crippen molar-refractivity contribution in [1.82, 2.24) is 68.4 Å². The number of halogens is 18. The molecular weight excluding hydrogens is 1640 g/mol. The van der Waals surface area contributed by atoms with Gasteiger partial charge in [-0.3, -0.25) is 9.59 Å². The van der Waals surface area contributed by atoms with Crippen LogP contribution in [0.5, 0.6) is 17.2 Å². The van der Waals surface area contributed by atoms with Crippen molar-refractivity contribution in [3.63, 3.8) is 0 Å². The van der Waals surface area contributed by atoms with Crippen molar-refractivity contribution in [2.24, 2.45) is 11.8 Å². The number of rotatable bonds is 12. The Hall–Kier alpha value is -8.79. The van der Waals surface area contributed by atoms with Crippen molar-refractivity contribution in [3.05, 3.63) is 166 Å². The number of aromatic nitrogens is 12. The van der Waals surface area contributed by atoms with Crippen LogP contribution in [0.25, 0.3) is 85.9 Å². The molecule has 3 fully saturated rings. The summed E-state index contributed by atoms with van der Waals surface area (Å²) in [5, 5.41) is 12.2. The van der Waals surface area contributed by atoms with Gasteiger partial charge in [0.05, 0.1) is 81.1 Å². The summed E-state index contributed by atoms with van der Waals surface area (Å²) >= 11 is 56.6. The Kier molecular flexibility index (Phi) is 20.3. The van der Waals surface area contributed by atoms with E-state index in [1.54, 1.807) is 14.0 Å². The Morgan fingerprint density at radius 2 is 0.807 bits per heavy atom. The van der Waals surface area contributed by atoms with Crippen molar-refractivity contribution in [3.8, 4) is 86.2 Å². The van der Waals surface area contributed by atoms with Gasteiger partial charge in [-0.2, -0.15) is 54.5 Å². The van der Waals surface area contributed by atoms with Gasteiger partial charge >= 0.3 is 18.5 Å². The fourth-order valence-corrected chi connectivity index (χ4v) is 13.7. The number of hydrogen-bond donors (Lipinski definition) is 0. The molecule has 2 aliphatic heterocycles. The highest BCUT2D eigenvalue weighted by atomic mass is 35.5. The number of likely N-dealkylation sites (tertiary alicyclic amines) is 2. The van der Waals surface area contributed by atoms with Crippen molar-refractivity contribution in [2.45, 2.75) is 89.2 Å². The number of Topliss-reactive ketones (excluding diaryl/α,β-unsaturated/α-hetero) is 1. The quantitative estimate of drug-likeness (QED) is 0.103. The lowest BCUT2D eigenvalue weighted by Crippen LogP contribution is -2.46. The minimum atomic E-state index is -4.59. The number of alkyl halides is 9. The number of likely N-dealkylation sites (N-methyl/N-ethyl adjacent to an activating group) is 2. The second-order valence-electron chi connectivity index (χ2n) is 24.9. The molecule has 5 atom stereocenters. The Morgan fingerprint density at radius 1 is 0.459 bits per heavy atom. The third-order valence-corrected chi connectivity index (χ3v) is 19.7. The van der Waals surface area contributed by atoms with E-state index in [0.717, 1.165) is 50.0 Å². The summed E-state index contributed by atoms with van der Waals surface area (Å²) in [4.78, 5) is 52.1. The molecule has 9 aromatic heterocycles. The van der Waals surface area contributed by atoms with Gasteiger partial charge in [0.2, 0.25) is 23.4 Å². The number of nitrogens with zero attached hydrogens (tertiary/aromatic N) is 14. The molecule has 40 heteroatoms. The minimum Gasteiger partial charge on any atom is -0.489 e. The van der Waals surface area contributed by atoms with Crippen LogP contribution in [0.4, 0.5) is 39.5 Å². The average molecular weight is 1700 g/mol. The van der Waals surface area contributed by atoms with Crippen LogP contribution in [-0.2, 0) is 28.1 Å². The molecule has 11 heterocycles. The third kappa shape index (κ3) is 17.1. The third-order valence-electron chi connectivity index (χ3n) is 17.1. The number of ketones is 1. The van der Waals surface area contributed by atoms with E-state index in [9.17, 15) is 49.1 Å². The van der Waals surface area contributed by atoms with E-state index in [4.69, 9.17) is 139 Å². The van der Waals surface area contributed by atoms with Gasteiger partial charge in [0.15, 0.2) is 16.9 Å². The number of amides is 1. The van der Waals surface area contributed by atoms with E-state index in [2.05, 4.69) is 52.0 Å². The summed E-state index contributed by atoms with van der Waals surface area (Å²) in [6.07, 6.45) is -6.57. The zero-order valence-corrected chi connectivity index (χ0v) is 62.4. The molecule has 1 amide bonds. The number of benzene rings is 3. The number of piperidine rings is 2. The summed E-state index contributed by atoms with van der Waals surface area (Å²) < 4.78 is 195. The van der Waals surface area contributed by atoms with Gasteiger partial charge in [0, 0.05) is 117 Å². The normalized spacial score (nSPS) is 20.1. The molecule has 2 saturated heterocycles. The highest BCUT2D eigenvalue weighted by molar-refractivity contribution is 6.38. The first-order chi connectivity index (χ1) is 53.2. The van der Waals surface area contributed by atoms with Crippen LogP contribution in [0.15, 0.2) is 118 Å². The van der Waals surface area contributed by atoms with Gasteiger partial charge in [-0.25, -0.2) is 15.0 Å². The van der Waals surface area contributed by atoms with Crippen LogP contribution < -0.4 is 14.2 Å². The van der Waals surface area contributed by atoms with E-state index < -0.39 is 66.2 Å². The molecule has 0 radical (unpaired) electrons. The summed E-state index contributed by atoms with van der Waals surface area (Å²) in [5.41, 5.74) is -0.847. The SMILES string of the molecule is [2H]C([2H])([2H])N1CC(Oc2cc(Cl)c(-c3noc(-c4cn5cc(C(F)(F)F)cc(Cl)c5n4)n3)cc2Cl)CCC1=C.[2H]C1(C)CC(Oc2cc(Cl)c(-c3noc(-c4cn5cc(C(F)(F)F)cc(Cl)c5n4)n3)cc2Cl)CCC1=O.[2H]C1(C)CC(Oc2cc(Cl)c(-c3noc(-c4cn5cc(C(F)(F)F)cc(Cl)c5n4)n3)cc2Cl)CN(C)C1=O. The summed E-state index contributed by atoms with van der Waals surface area (Å²) in [6.45, 7) is 4.95. The largest absolute Gasteiger partial charge is 0.489 e. The number of carbonyl (C=O) groups excluding carboxylic acids is 2. The maximum atomic E-state index is 13.1. The van der Waals surface area contributed by atoms with E-state index >= 15 is 0 Å². The first kappa shape index (κ1) is 71.8. The van der Waals surface area contributed by atoms with Crippen molar-refractivity contribution < 1.29 is 83.7 Å². The van der Waals surface area contributed by atoms with Gasteiger partial charge in [0.1, 0.15) is 52.3 Å². The monoisotopic (exact) mass is 1690 g/mol. The Balaban J connectivity index is 0.000000149. The lowest BCUT2D eigenvalue weighted by molar-refractivity contribution is -0.139. The number of hydrogen-bond acceptors (Lipinski definition) is 18. The lowest BCUT2D eigenvalue weighted by Gasteiger charge is -2.33. The molecule has 3 aliphatic rings. The van der Waals surface area contributed by atoms with Crippen molar-refractivity contribution >= 4 is 133 Å². The van der Waals surface area contributed by atoms with Gasteiger partial charge < -0.3 is 50.8 Å². The molecule has 1 saturated carbocycles. The number of imidazole rings is 3. The average Bonchev–Trinajstić information content (AvgIpc) is 1.58. The predicted molar refractivity (Wildman–Crippen MR) is 386 cm³/mol. The smallest absolute Gasteiger partial charge is 0.417 e. The van der Waals surface area contributed by atoms with Gasteiger partial charge in [0.25, 0.3) is 17.7 Å². The first-order valence-corrected chi connectivity index (χ1v) is 35.2. The predicted octanol–water partition coefficient (Wildman–Crippen LogP) is 20.5. The second-order valence-corrected chi connectivity index (χ2v) is 28.6. The van der Waals surface area contributed by atoms with Gasteiger partial charge in [-0.1, -0.05) is 140 Å². The van der Waals surface area contributed by atoms with Crippen LogP contribution in [-0.4, -0.2) is 125 Å². The molecule has 15 rings (SSSR count). The van der Waals surface area contributed by atoms with Crippen LogP contribution >= 0.6 is 104 Å². The molecule has 12 aromatic rings. The molecule has 0 bridgehead atoms. The minimum absolute atomic E-state index is 0.0464.